The predicted octanol–water partition coefficient (Wildman–Crippen LogP) is 4.30. The molecule has 3 heterocycles. The Morgan fingerprint density at radius 3 is 3.00 bits per heavy atom. The third-order valence-electron chi connectivity index (χ3n) is 6.37. The molecule has 3 unspecified atom stereocenters. The van der Waals surface area contributed by atoms with Crippen molar-refractivity contribution in [1.82, 2.24) is 25.1 Å². The van der Waals surface area contributed by atoms with Crippen LogP contribution in [0.1, 0.15) is 54.6 Å². The van der Waals surface area contributed by atoms with E-state index in [4.69, 9.17) is 11.6 Å². The summed E-state index contributed by atoms with van der Waals surface area (Å²) in [6.45, 7) is 3.86. The smallest absolute Gasteiger partial charge is 0.151 e. The fourth-order valence-corrected chi connectivity index (χ4v) is 5.38. The van der Waals surface area contributed by atoms with Crippen LogP contribution in [0, 0.1) is 5.92 Å². The predicted molar refractivity (Wildman–Crippen MR) is 109 cm³/mol. The third-order valence-corrected chi connectivity index (χ3v) is 6.93. The number of alkyl halides is 1. The molecule has 1 aliphatic carbocycles. The highest BCUT2D eigenvalue weighted by molar-refractivity contribution is 6.24. The summed E-state index contributed by atoms with van der Waals surface area (Å²) in [7, 11) is 0. The molecule has 5 nitrogen and oxygen atoms in total. The molecule has 5 rings (SSSR count). The van der Waals surface area contributed by atoms with E-state index in [1.807, 2.05) is 18.5 Å². The lowest BCUT2D eigenvalue weighted by atomic mass is 9.70. The first-order valence-corrected chi connectivity index (χ1v) is 10.3. The number of hydrogen-bond acceptors (Lipinski definition) is 4. The first-order valence-electron chi connectivity index (χ1n) is 9.96. The van der Waals surface area contributed by atoms with E-state index in [-0.39, 0.29) is 4.87 Å². The van der Waals surface area contributed by atoms with Gasteiger partial charge in [0.25, 0.3) is 0 Å². The van der Waals surface area contributed by atoms with E-state index in [2.05, 4.69) is 56.3 Å². The molecule has 3 atom stereocenters. The maximum Gasteiger partial charge on any atom is 0.151 e. The number of pyridine rings is 1. The van der Waals surface area contributed by atoms with Crippen molar-refractivity contribution in [3.8, 4) is 5.69 Å². The molecule has 6 heteroatoms. The summed E-state index contributed by atoms with van der Waals surface area (Å²) in [5.41, 5.74) is 4.95. The van der Waals surface area contributed by atoms with Gasteiger partial charge >= 0.3 is 0 Å². The highest BCUT2D eigenvalue weighted by Gasteiger charge is 2.40. The molecule has 0 saturated heterocycles. The van der Waals surface area contributed by atoms with Gasteiger partial charge in [-0.25, -0.2) is 0 Å². The van der Waals surface area contributed by atoms with Gasteiger partial charge < -0.3 is 5.32 Å². The maximum atomic E-state index is 7.24. The Kier molecular flexibility index (Phi) is 4.44. The molecule has 1 saturated carbocycles. The zero-order chi connectivity index (χ0) is 19.1. The van der Waals surface area contributed by atoms with Crippen LogP contribution < -0.4 is 5.32 Å². The Hall–Kier alpha value is -2.24. The lowest BCUT2D eigenvalue weighted by molar-refractivity contribution is 0.270. The number of aromatic nitrogens is 4. The monoisotopic (exact) mass is 393 g/mol. The molecule has 2 aromatic heterocycles. The summed E-state index contributed by atoms with van der Waals surface area (Å²) in [5.74, 6) is 1.98. The maximum absolute atomic E-state index is 7.24. The topological polar surface area (TPSA) is 55.6 Å². The molecular weight excluding hydrogens is 370 g/mol. The molecule has 0 amide bonds. The largest absolute Gasteiger partial charge is 0.306 e. The summed E-state index contributed by atoms with van der Waals surface area (Å²) in [5, 5.41) is 11.7. The van der Waals surface area contributed by atoms with Crippen LogP contribution in [-0.4, -0.2) is 19.7 Å². The van der Waals surface area contributed by atoms with Gasteiger partial charge in [-0.05, 0) is 59.9 Å². The Morgan fingerprint density at radius 2 is 2.18 bits per heavy atom. The Morgan fingerprint density at radius 1 is 1.25 bits per heavy atom. The van der Waals surface area contributed by atoms with E-state index in [0.29, 0.717) is 11.8 Å². The fourth-order valence-electron chi connectivity index (χ4n) is 4.91. The number of halogens is 1. The standard InChI is InChI=1S/C22H24ClN5/c1-15-10-22(23,7-6-19(15)16-3-2-8-24-11-16)18-4-5-20-17(9-18)12-25-13-21-27-26-14-28(20)21/h2-5,8-9,11,14-15,19,25H,6-7,10,12-13H2,1H3. The molecule has 1 N–H and O–H groups in total. The van der Waals surface area contributed by atoms with E-state index in [1.165, 1.54) is 16.7 Å². The number of nitrogens with zero attached hydrogens (tertiary/aromatic N) is 4. The summed E-state index contributed by atoms with van der Waals surface area (Å²) in [4.78, 5) is 4.00. The first kappa shape index (κ1) is 17.8. The molecule has 1 aliphatic heterocycles. The van der Waals surface area contributed by atoms with E-state index in [9.17, 15) is 0 Å². The molecule has 1 aromatic carbocycles. The molecule has 144 valence electrons. The van der Waals surface area contributed by atoms with Crippen LogP contribution in [0.3, 0.4) is 0 Å². The van der Waals surface area contributed by atoms with Crippen molar-refractivity contribution >= 4 is 11.6 Å². The van der Waals surface area contributed by atoms with Crippen molar-refractivity contribution < 1.29 is 0 Å². The van der Waals surface area contributed by atoms with E-state index in [1.54, 1.807) is 6.33 Å². The third kappa shape index (κ3) is 3.03. The summed E-state index contributed by atoms with van der Waals surface area (Å²) < 4.78 is 2.07. The number of rotatable bonds is 2. The van der Waals surface area contributed by atoms with Crippen LogP contribution in [-0.2, 0) is 18.0 Å². The zero-order valence-electron chi connectivity index (χ0n) is 16.0. The van der Waals surface area contributed by atoms with Gasteiger partial charge in [0.05, 0.1) is 17.1 Å². The van der Waals surface area contributed by atoms with Gasteiger partial charge in [0.15, 0.2) is 5.82 Å². The lowest BCUT2D eigenvalue weighted by Gasteiger charge is -2.40. The van der Waals surface area contributed by atoms with Gasteiger partial charge in [0, 0.05) is 18.9 Å². The van der Waals surface area contributed by atoms with E-state index in [0.717, 1.165) is 43.9 Å². The fraction of sp³-hybridized carbons (Fsp3) is 0.409. The van der Waals surface area contributed by atoms with Crippen LogP contribution in [0.5, 0.6) is 0 Å². The van der Waals surface area contributed by atoms with Crippen LogP contribution in [0.2, 0.25) is 0 Å². The average molecular weight is 394 g/mol. The van der Waals surface area contributed by atoms with Crippen LogP contribution >= 0.6 is 11.6 Å². The van der Waals surface area contributed by atoms with Gasteiger partial charge in [-0.15, -0.1) is 21.8 Å². The zero-order valence-corrected chi connectivity index (χ0v) is 16.7. The van der Waals surface area contributed by atoms with Gasteiger partial charge in [0.1, 0.15) is 6.33 Å². The van der Waals surface area contributed by atoms with Crippen LogP contribution in [0.25, 0.3) is 5.69 Å². The number of benzene rings is 1. The van der Waals surface area contributed by atoms with Crippen molar-refractivity contribution in [3.05, 3.63) is 71.6 Å². The van der Waals surface area contributed by atoms with Crippen LogP contribution in [0.15, 0.2) is 49.1 Å². The van der Waals surface area contributed by atoms with Crippen molar-refractivity contribution in [2.24, 2.45) is 5.92 Å². The SMILES string of the molecule is CC1CC(Cl)(c2ccc3c(c2)CNCc2nncn2-3)CCC1c1cccnc1. The lowest BCUT2D eigenvalue weighted by Crippen LogP contribution is -2.31. The Labute approximate surface area is 170 Å². The molecule has 1 fully saturated rings. The second kappa shape index (κ2) is 6.98. The van der Waals surface area contributed by atoms with Gasteiger partial charge in [-0.3, -0.25) is 9.55 Å². The number of hydrogen-bond donors (Lipinski definition) is 1. The van der Waals surface area contributed by atoms with E-state index < -0.39 is 0 Å². The first-order chi connectivity index (χ1) is 13.6. The van der Waals surface area contributed by atoms with Gasteiger partial charge in [0.2, 0.25) is 0 Å². The number of fused-ring (bicyclic) bond motifs is 3. The molecule has 0 bridgehead atoms. The normalized spacial score (nSPS) is 26.9. The minimum absolute atomic E-state index is 0.310. The van der Waals surface area contributed by atoms with Crippen molar-refractivity contribution in [2.75, 3.05) is 0 Å². The van der Waals surface area contributed by atoms with Crippen molar-refractivity contribution in [1.29, 1.82) is 0 Å². The molecule has 3 aromatic rings. The van der Waals surface area contributed by atoms with E-state index >= 15 is 0 Å². The number of nitrogens with one attached hydrogen (secondary N) is 1. The summed E-state index contributed by atoms with van der Waals surface area (Å²) in [6, 6.07) is 10.9. The highest BCUT2D eigenvalue weighted by atomic mass is 35.5. The van der Waals surface area contributed by atoms with Crippen LogP contribution in [0.4, 0.5) is 0 Å². The molecule has 28 heavy (non-hydrogen) atoms. The second-order valence-corrected chi connectivity index (χ2v) is 8.87. The second-order valence-electron chi connectivity index (χ2n) is 8.14. The Balaban J connectivity index is 1.43. The average Bonchev–Trinajstić information content (AvgIpc) is 3.10. The highest BCUT2D eigenvalue weighted by Crippen LogP contribution is 2.50. The minimum atomic E-state index is -0.310. The van der Waals surface area contributed by atoms with Crippen molar-refractivity contribution in [3.63, 3.8) is 0 Å². The quantitative estimate of drug-likeness (QED) is 0.659. The minimum Gasteiger partial charge on any atom is -0.306 e. The molecule has 0 radical (unpaired) electrons. The summed E-state index contributed by atoms with van der Waals surface area (Å²) in [6.07, 6.45) is 8.67. The summed E-state index contributed by atoms with van der Waals surface area (Å²) >= 11 is 7.24. The Bertz CT molecular complexity index is 986. The molecule has 2 aliphatic rings. The van der Waals surface area contributed by atoms with Gasteiger partial charge in [-0.1, -0.05) is 25.1 Å². The molecular formula is C22H24ClN5. The van der Waals surface area contributed by atoms with Crippen molar-refractivity contribution in [2.45, 2.75) is 50.1 Å². The van der Waals surface area contributed by atoms with Gasteiger partial charge in [-0.2, -0.15) is 0 Å². The molecule has 0 spiro atoms.